The Morgan fingerprint density at radius 1 is 1.03 bits per heavy atom. The van der Waals surface area contributed by atoms with Gasteiger partial charge in [0.1, 0.15) is 5.76 Å². The summed E-state index contributed by atoms with van der Waals surface area (Å²) < 4.78 is 5.68. The first-order valence-electron chi connectivity index (χ1n) is 10.1. The molecule has 1 aromatic heterocycles. The van der Waals surface area contributed by atoms with E-state index in [4.69, 9.17) is 16.0 Å². The van der Waals surface area contributed by atoms with Gasteiger partial charge in [0.05, 0.1) is 27.4 Å². The molecule has 3 aromatic rings. The van der Waals surface area contributed by atoms with Gasteiger partial charge in [-0.15, -0.1) is 0 Å². The van der Waals surface area contributed by atoms with Gasteiger partial charge in [0, 0.05) is 24.1 Å². The molecule has 32 heavy (non-hydrogen) atoms. The van der Waals surface area contributed by atoms with Crippen LogP contribution >= 0.6 is 11.6 Å². The quantitative estimate of drug-likeness (QED) is 0.580. The first kappa shape index (κ1) is 20.2. The molecule has 0 atom stereocenters. The smallest absolute Gasteiger partial charge is 0.291 e. The van der Waals surface area contributed by atoms with E-state index in [9.17, 15) is 19.2 Å². The Morgan fingerprint density at radius 2 is 1.72 bits per heavy atom. The number of hydrogen-bond donors (Lipinski definition) is 1. The van der Waals surface area contributed by atoms with Crippen molar-refractivity contribution < 1.29 is 23.6 Å². The third-order valence-corrected chi connectivity index (χ3v) is 6.06. The Morgan fingerprint density at radius 3 is 2.34 bits per heavy atom. The summed E-state index contributed by atoms with van der Waals surface area (Å²) >= 11 is 6.38. The fourth-order valence-electron chi connectivity index (χ4n) is 4.23. The lowest BCUT2D eigenvalue weighted by molar-refractivity contribution is 0.0922. The molecule has 0 saturated carbocycles. The van der Waals surface area contributed by atoms with Crippen molar-refractivity contribution >= 4 is 46.5 Å². The van der Waals surface area contributed by atoms with Gasteiger partial charge in [-0.25, -0.2) is 4.90 Å². The molecule has 0 unspecified atom stereocenters. The van der Waals surface area contributed by atoms with Crippen LogP contribution in [0.25, 0.3) is 0 Å². The van der Waals surface area contributed by atoms with Crippen LogP contribution in [0.4, 0.5) is 11.4 Å². The van der Waals surface area contributed by atoms with Crippen LogP contribution in [0.2, 0.25) is 5.02 Å². The van der Waals surface area contributed by atoms with Crippen molar-refractivity contribution in [3.63, 3.8) is 0 Å². The lowest BCUT2D eigenvalue weighted by atomic mass is 9.94. The van der Waals surface area contributed by atoms with Crippen LogP contribution in [0.15, 0.2) is 46.9 Å². The molecule has 0 spiro atoms. The Labute approximate surface area is 188 Å². The fourth-order valence-corrected chi connectivity index (χ4v) is 4.49. The number of fused-ring (bicyclic) bond motifs is 2. The van der Waals surface area contributed by atoms with Crippen LogP contribution < -0.4 is 10.2 Å². The van der Waals surface area contributed by atoms with Gasteiger partial charge < -0.3 is 9.73 Å². The van der Waals surface area contributed by atoms with Gasteiger partial charge in [0.25, 0.3) is 17.7 Å². The van der Waals surface area contributed by atoms with E-state index >= 15 is 0 Å². The molecular weight excluding hydrogens is 432 g/mol. The van der Waals surface area contributed by atoms with E-state index in [-0.39, 0.29) is 22.3 Å². The fraction of sp³-hybridized carbons (Fsp3) is 0.167. The minimum Gasteiger partial charge on any atom is -0.455 e. The molecule has 1 aliphatic heterocycles. The van der Waals surface area contributed by atoms with E-state index in [1.54, 1.807) is 37.3 Å². The molecule has 5 rings (SSSR count). The number of anilines is 2. The van der Waals surface area contributed by atoms with Crippen LogP contribution in [0.3, 0.4) is 0 Å². The number of halogens is 1. The van der Waals surface area contributed by atoms with Gasteiger partial charge in [-0.3, -0.25) is 19.2 Å². The number of carbonyl (C=O) groups excluding carboxylic acids is 4. The summed E-state index contributed by atoms with van der Waals surface area (Å²) in [6, 6.07) is 11.1. The van der Waals surface area contributed by atoms with Gasteiger partial charge in [0.2, 0.25) is 0 Å². The molecule has 0 saturated heterocycles. The van der Waals surface area contributed by atoms with Crippen molar-refractivity contribution in [2.45, 2.75) is 26.2 Å². The summed E-state index contributed by atoms with van der Waals surface area (Å²) in [5.74, 6) is -0.792. The highest BCUT2D eigenvalue weighted by atomic mass is 35.5. The molecule has 7 nitrogen and oxygen atoms in total. The number of benzene rings is 2. The molecule has 2 aromatic carbocycles. The number of Topliss-reactive ketones (excluding diaryl/α,β-unsaturated/α-hetero) is 1. The zero-order chi connectivity index (χ0) is 22.6. The average molecular weight is 449 g/mol. The van der Waals surface area contributed by atoms with E-state index in [2.05, 4.69) is 5.32 Å². The van der Waals surface area contributed by atoms with E-state index in [1.165, 1.54) is 12.1 Å². The van der Waals surface area contributed by atoms with E-state index < -0.39 is 17.7 Å². The number of hydrogen-bond acceptors (Lipinski definition) is 5. The van der Waals surface area contributed by atoms with Crippen molar-refractivity contribution in [3.8, 4) is 0 Å². The zero-order valence-electron chi connectivity index (χ0n) is 17.0. The third-order valence-electron chi connectivity index (χ3n) is 5.75. The van der Waals surface area contributed by atoms with Crippen LogP contribution in [-0.4, -0.2) is 23.5 Å². The second-order valence-corrected chi connectivity index (χ2v) is 8.15. The van der Waals surface area contributed by atoms with Crippen molar-refractivity contribution in [2.75, 3.05) is 10.2 Å². The number of furan rings is 1. The Kier molecular flexibility index (Phi) is 4.71. The number of imide groups is 1. The van der Waals surface area contributed by atoms with Crippen molar-refractivity contribution in [2.24, 2.45) is 0 Å². The van der Waals surface area contributed by atoms with Gasteiger partial charge in [-0.1, -0.05) is 23.7 Å². The number of amides is 3. The summed E-state index contributed by atoms with van der Waals surface area (Å²) in [5, 5.41) is 2.83. The molecule has 0 bridgehead atoms. The average Bonchev–Trinajstić information content (AvgIpc) is 3.24. The highest BCUT2D eigenvalue weighted by Gasteiger charge is 2.37. The van der Waals surface area contributed by atoms with Crippen LogP contribution in [0.1, 0.15) is 65.8 Å². The predicted octanol–water partition coefficient (Wildman–Crippen LogP) is 4.81. The second-order valence-electron chi connectivity index (χ2n) is 7.74. The van der Waals surface area contributed by atoms with Crippen LogP contribution in [0, 0.1) is 6.92 Å². The van der Waals surface area contributed by atoms with Crippen LogP contribution in [-0.2, 0) is 6.42 Å². The van der Waals surface area contributed by atoms with Crippen molar-refractivity contribution in [1.29, 1.82) is 0 Å². The summed E-state index contributed by atoms with van der Waals surface area (Å²) in [7, 11) is 0. The first-order valence-corrected chi connectivity index (χ1v) is 10.5. The maximum absolute atomic E-state index is 12.8. The predicted molar refractivity (Wildman–Crippen MR) is 118 cm³/mol. The summed E-state index contributed by atoms with van der Waals surface area (Å²) in [6.45, 7) is 1.69. The molecule has 3 amide bonds. The zero-order valence-corrected chi connectivity index (χ0v) is 17.8. The first-order chi connectivity index (χ1) is 15.4. The van der Waals surface area contributed by atoms with E-state index in [0.29, 0.717) is 53.0 Å². The van der Waals surface area contributed by atoms with Crippen molar-refractivity contribution in [3.05, 3.63) is 81.3 Å². The topological polar surface area (TPSA) is 96.7 Å². The largest absolute Gasteiger partial charge is 0.455 e. The maximum atomic E-state index is 12.8. The molecule has 0 fully saturated rings. The Hall–Kier alpha value is -3.71. The molecule has 2 aliphatic rings. The molecule has 160 valence electrons. The molecule has 2 heterocycles. The van der Waals surface area contributed by atoms with Gasteiger partial charge in [0.15, 0.2) is 11.5 Å². The number of nitrogens with zero attached hydrogens (tertiary/aromatic N) is 1. The maximum Gasteiger partial charge on any atom is 0.291 e. The molecule has 0 radical (unpaired) electrons. The Balaban J connectivity index is 1.40. The summed E-state index contributed by atoms with van der Waals surface area (Å²) in [4.78, 5) is 51.4. The van der Waals surface area contributed by atoms with Crippen molar-refractivity contribution in [1.82, 2.24) is 0 Å². The SMILES string of the molecule is Cc1c(C(=O)Nc2ccc(N3C(=O)c4ccccc4C3=O)c(Cl)c2)oc2c1C(=O)CCC2. The van der Waals surface area contributed by atoms with Gasteiger partial charge in [-0.05, 0) is 43.7 Å². The summed E-state index contributed by atoms with van der Waals surface area (Å²) in [6.07, 6.45) is 1.77. The second kappa shape index (κ2) is 7.46. The monoisotopic (exact) mass is 448 g/mol. The Bertz CT molecular complexity index is 1310. The molecule has 8 heteroatoms. The molecular formula is C24H17ClN2O5. The number of rotatable bonds is 3. The number of carbonyl (C=O) groups is 4. The number of ketones is 1. The molecule has 1 N–H and O–H groups in total. The number of aryl methyl sites for hydroxylation is 1. The highest BCUT2D eigenvalue weighted by molar-refractivity contribution is 6.40. The highest BCUT2D eigenvalue weighted by Crippen LogP contribution is 2.35. The van der Waals surface area contributed by atoms with E-state index in [1.807, 2.05) is 0 Å². The van der Waals surface area contributed by atoms with E-state index in [0.717, 1.165) is 4.90 Å². The lowest BCUT2D eigenvalue weighted by Gasteiger charge is -2.16. The van der Waals surface area contributed by atoms with Crippen LogP contribution in [0.5, 0.6) is 0 Å². The minimum absolute atomic E-state index is 0.0140. The summed E-state index contributed by atoms with van der Waals surface area (Å²) in [5.41, 5.74) is 2.25. The lowest BCUT2D eigenvalue weighted by Crippen LogP contribution is -2.29. The number of nitrogens with one attached hydrogen (secondary N) is 1. The minimum atomic E-state index is -0.505. The van der Waals surface area contributed by atoms with Gasteiger partial charge in [-0.2, -0.15) is 0 Å². The third kappa shape index (κ3) is 3.05. The molecule has 1 aliphatic carbocycles. The van der Waals surface area contributed by atoms with Gasteiger partial charge >= 0.3 is 0 Å². The standard InChI is InChI=1S/C24H17ClN2O5/c1-12-20-18(28)7-4-8-19(20)32-21(12)22(29)26-13-9-10-17(16(25)11-13)27-23(30)14-5-2-3-6-15(14)24(27)31/h2-3,5-6,9-11H,4,7-8H2,1H3,(H,26,29). The normalized spacial score (nSPS) is 15.1.